The highest BCUT2D eigenvalue weighted by atomic mass is 16.6. The number of ether oxygens (including phenoxy) is 2. The van der Waals surface area contributed by atoms with Crippen LogP contribution in [0.5, 0.6) is 11.5 Å². The van der Waals surface area contributed by atoms with Crippen molar-refractivity contribution in [1.82, 2.24) is 10.6 Å². The summed E-state index contributed by atoms with van der Waals surface area (Å²) in [4.78, 5) is 25.4. The number of amides is 2. The second-order valence-corrected chi connectivity index (χ2v) is 9.80. The number of benzene rings is 1. The predicted molar refractivity (Wildman–Crippen MR) is 108 cm³/mol. The highest BCUT2D eigenvalue weighted by molar-refractivity contribution is 5.84. The van der Waals surface area contributed by atoms with Crippen molar-refractivity contribution in [3.63, 3.8) is 0 Å². The van der Waals surface area contributed by atoms with Gasteiger partial charge in [0, 0.05) is 12.5 Å². The summed E-state index contributed by atoms with van der Waals surface area (Å²) in [7, 11) is 0. The summed E-state index contributed by atoms with van der Waals surface area (Å²) in [6.45, 7) is 4.73. The van der Waals surface area contributed by atoms with E-state index >= 15 is 0 Å². The lowest BCUT2D eigenvalue weighted by atomic mass is 9.46. The molecular formula is C23H30N2O4. The number of carbonyl (C=O) groups excluding carboxylic acids is 2. The highest BCUT2D eigenvalue weighted by Gasteiger charge is 2.60. The molecule has 5 atom stereocenters. The van der Waals surface area contributed by atoms with Crippen LogP contribution in [0.1, 0.15) is 64.0 Å². The molecule has 0 spiro atoms. The van der Waals surface area contributed by atoms with Gasteiger partial charge in [0.2, 0.25) is 11.8 Å². The number of fused-ring (bicyclic) bond motifs is 1. The van der Waals surface area contributed by atoms with Gasteiger partial charge >= 0.3 is 0 Å². The number of carbonyl (C=O) groups is 2. The zero-order chi connectivity index (χ0) is 20.2. The molecule has 4 aliphatic carbocycles. The van der Waals surface area contributed by atoms with Crippen molar-refractivity contribution < 1.29 is 19.1 Å². The molecule has 156 valence electrons. The van der Waals surface area contributed by atoms with Crippen molar-refractivity contribution >= 4 is 11.8 Å². The molecule has 6 nitrogen and oxygen atoms in total. The minimum Gasteiger partial charge on any atom is -0.486 e. The third-order valence-corrected chi connectivity index (χ3v) is 7.40. The van der Waals surface area contributed by atoms with Crippen molar-refractivity contribution in [3.8, 4) is 11.5 Å². The smallest absolute Gasteiger partial charge is 0.226 e. The Morgan fingerprint density at radius 2 is 1.76 bits per heavy atom. The molecule has 1 aliphatic heterocycles. The maximum Gasteiger partial charge on any atom is 0.226 e. The Bertz CT molecular complexity index is 837. The summed E-state index contributed by atoms with van der Waals surface area (Å²) in [5, 5.41) is 6.52. The first-order valence-electron chi connectivity index (χ1n) is 10.9. The molecule has 1 aromatic carbocycles. The van der Waals surface area contributed by atoms with E-state index < -0.39 is 0 Å². The second kappa shape index (κ2) is 6.64. The van der Waals surface area contributed by atoms with E-state index in [1.165, 1.54) is 6.42 Å². The lowest BCUT2D eigenvalue weighted by Gasteiger charge is -2.61. The summed E-state index contributed by atoms with van der Waals surface area (Å²) in [6, 6.07) is 5.78. The van der Waals surface area contributed by atoms with E-state index in [4.69, 9.17) is 9.47 Å². The van der Waals surface area contributed by atoms with Crippen molar-refractivity contribution in [2.75, 3.05) is 13.2 Å². The average molecular weight is 399 g/mol. The maximum absolute atomic E-state index is 13.5. The third kappa shape index (κ3) is 3.26. The minimum atomic E-state index is -0.353. The molecule has 4 fully saturated rings. The van der Waals surface area contributed by atoms with Gasteiger partial charge in [0.25, 0.3) is 0 Å². The molecule has 0 saturated heterocycles. The van der Waals surface area contributed by atoms with Crippen LogP contribution in [-0.4, -0.2) is 30.6 Å². The first-order valence-corrected chi connectivity index (χ1v) is 10.9. The summed E-state index contributed by atoms with van der Waals surface area (Å²) in [6.07, 6.45) is 5.92. The van der Waals surface area contributed by atoms with E-state index in [2.05, 4.69) is 10.6 Å². The molecule has 2 N–H and O–H groups in total. The van der Waals surface area contributed by atoms with Gasteiger partial charge in [-0.15, -0.1) is 0 Å². The molecule has 2 unspecified atom stereocenters. The van der Waals surface area contributed by atoms with E-state index in [-0.39, 0.29) is 28.8 Å². The fourth-order valence-electron chi connectivity index (χ4n) is 6.81. The minimum absolute atomic E-state index is 0.0205. The van der Waals surface area contributed by atoms with Crippen LogP contribution in [0.25, 0.3) is 0 Å². The van der Waals surface area contributed by atoms with Gasteiger partial charge in [-0.3, -0.25) is 9.59 Å². The normalized spacial score (nSPS) is 35.1. The number of hydrogen-bond acceptors (Lipinski definition) is 4. The van der Waals surface area contributed by atoms with Crippen LogP contribution in [0.2, 0.25) is 0 Å². The Balaban J connectivity index is 1.34. The van der Waals surface area contributed by atoms with Gasteiger partial charge in [-0.05, 0) is 75.0 Å². The van der Waals surface area contributed by atoms with Gasteiger partial charge in [-0.1, -0.05) is 6.07 Å². The molecule has 4 saturated carbocycles. The van der Waals surface area contributed by atoms with Crippen LogP contribution in [0.4, 0.5) is 0 Å². The van der Waals surface area contributed by atoms with Crippen LogP contribution >= 0.6 is 0 Å². The number of rotatable bonds is 4. The molecule has 5 aliphatic rings. The Hall–Kier alpha value is -2.24. The Morgan fingerprint density at radius 1 is 1.07 bits per heavy atom. The van der Waals surface area contributed by atoms with E-state index in [1.54, 1.807) is 6.92 Å². The molecule has 1 aromatic rings. The first kappa shape index (κ1) is 18.8. The molecule has 2 amide bonds. The second-order valence-electron chi connectivity index (χ2n) is 9.80. The average Bonchev–Trinajstić information content (AvgIpc) is 2.65. The van der Waals surface area contributed by atoms with Gasteiger partial charge < -0.3 is 20.1 Å². The molecule has 29 heavy (non-hydrogen) atoms. The van der Waals surface area contributed by atoms with Gasteiger partial charge in [0.15, 0.2) is 11.5 Å². The van der Waals surface area contributed by atoms with Gasteiger partial charge in [-0.2, -0.15) is 0 Å². The van der Waals surface area contributed by atoms with Crippen molar-refractivity contribution in [3.05, 3.63) is 23.8 Å². The molecule has 4 bridgehead atoms. The third-order valence-electron chi connectivity index (χ3n) is 7.40. The fourth-order valence-corrected chi connectivity index (χ4v) is 6.81. The van der Waals surface area contributed by atoms with Gasteiger partial charge in [-0.25, -0.2) is 0 Å². The van der Waals surface area contributed by atoms with Crippen molar-refractivity contribution in [2.45, 2.75) is 64.0 Å². The van der Waals surface area contributed by atoms with Crippen LogP contribution in [0.15, 0.2) is 18.2 Å². The standard InChI is InChI=1S/C23H30N2O4/c1-14(18-3-4-19-20(8-18)29-6-5-28-19)24-21(27)22-9-16-7-17(10-22)12-23(11-16,13-22)25-15(2)26/h3-4,8,14,16-17H,5-7,9-13H2,1-2H3,(H,24,27)(H,25,26)/t14-,16-,17+,22?,23?/m1/s1. The van der Waals surface area contributed by atoms with E-state index in [0.717, 1.165) is 49.2 Å². The molecular weight excluding hydrogens is 368 g/mol. The topological polar surface area (TPSA) is 76.7 Å². The zero-order valence-electron chi connectivity index (χ0n) is 17.3. The quantitative estimate of drug-likeness (QED) is 0.817. The molecule has 1 heterocycles. The zero-order valence-corrected chi connectivity index (χ0v) is 17.3. The summed E-state index contributed by atoms with van der Waals surface area (Å²) in [5.74, 6) is 2.75. The molecule has 0 aromatic heterocycles. The van der Waals surface area contributed by atoms with E-state index in [1.807, 2.05) is 25.1 Å². The van der Waals surface area contributed by atoms with Crippen LogP contribution in [0, 0.1) is 17.3 Å². The highest BCUT2D eigenvalue weighted by Crippen LogP contribution is 2.61. The largest absolute Gasteiger partial charge is 0.486 e. The van der Waals surface area contributed by atoms with Crippen LogP contribution in [-0.2, 0) is 9.59 Å². The summed E-state index contributed by atoms with van der Waals surface area (Å²) >= 11 is 0. The lowest BCUT2D eigenvalue weighted by molar-refractivity contribution is -0.153. The Labute approximate surface area is 171 Å². The predicted octanol–water partition coefficient (Wildman–Crippen LogP) is 3.11. The number of hydrogen-bond donors (Lipinski definition) is 2. The summed E-state index contributed by atoms with van der Waals surface area (Å²) < 4.78 is 11.3. The SMILES string of the molecule is CC(=O)NC12C[C@H]3C[C@@H](C1)CC(C(=O)N[C@H](C)c1ccc4c(c1)OCCO4)(C3)C2. The monoisotopic (exact) mass is 398 g/mol. The van der Waals surface area contributed by atoms with Crippen LogP contribution < -0.4 is 20.1 Å². The van der Waals surface area contributed by atoms with Crippen molar-refractivity contribution in [2.24, 2.45) is 17.3 Å². The Morgan fingerprint density at radius 3 is 2.45 bits per heavy atom. The lowest BCUT2D eigenvalue weighted by Crippen LogP contribution is -2.65. The van der Waals surface area contributed by atoms with Gasteiger partial charge in [0.1, 0.15) is 13.2 Å². The van der Waals surface area contributed by atoms with Crippen LogP contribution in [0.3, 0.4) is 0 Å². The van der Waals surface area contributed by atoms with Gasteiger partial charge in [0.05, 0.1) is 11.5 Å². The van der Waals surface area contributed by atoms with E-state index in [9.17, 15) is 9.59 Å². The molecule has 6 rings (SSSR count). The Kier molecular flexibility index (Phi) is 4.30. The molecule has 6 heteroatoms. The van der Waals surface area contributed by atoms with Crippen molar-refractivity contribution in [1.29, 1.82) is 0 Å². The fraction of sp³-hybridized carbons (Fsp3) is 0.652. The maximum atomic E-state index is 13.5. The molecule has 0 radical (unpaired) electrons. The van der Waals surface area contributed by atoms with E-state index in [0.29, 0.717) is 25.0 Å². The summed E-state index contributed by atoms with van der Waals surface area (Å²) in [5.41, 5.74) is 0.478. The number of nitrogens with one attached hydrogen (secondary N) is 2. The first-order chi connectivity index (χ1) is 13.9.